The number of benzene rings is 1. The minimum Gasteiger partial charge on any atom is -0.326 e. The van der Waals surface area contributed by atoms with E-state index in [1.54, 1.807) is 6.07 Å². The molecule has 1 aromatic heterocycles. The Morgan fingerprint density at radius 1 is 1.19 bits per heavy atom. The number of nitrogens with one attached hydrogen (secondary N) is 1. The summed E-state index contributed by atoms with van der Waals surface area (Å²) >= 11 is 5.93. The zero-order valence-corrected chi connectivity index (χ0v) is 15.9. The van der Waals surface area contributed by atoms with Gasteiger partial charge in [0.05, 0.1) is 0 Å². The Labute approximate surface area is 158 Å². The van der Waals surface area contributed by atoms with Gasteiger partial charge in [-0.25, -0.2) is 13.4 Å². The number of hydrogen-bond donors (Lipinski definition) is 1. The number of pyridine rings is 1. The molecule has 0 saturated carbocycles. The predicted octanol–water partition coefficient (Wildman–Crippen LogP) is 3.08. The van der Waals surface area contributed by atoms with Gasteiger partial charge in [-0.15, -0.1) is 0 Å². The van der Waals surface area contributed by atoms with Crippen molar-refractivity contribution in [3.63, 3.8) is 0 Å². The van der Waals surface area contributed by atoms with Crippen molar-refractivity contribution in [2.75, 3.05) is 18.4 Å². The number of nitrogens with zero attached hydrogens (tertiary/aromatic N) is 2. The SMILES string of the molecule is Cc1ccc(NC(=O)C2CCN(S(=O)(=O)c3cccnc3Cl)CC2)cc1. The minimum atomic E-state index is -3.70. The summed E-state index contributed by atoms with van der Waals surface area (Å²) in [4.78, 5) is 16.3. The highest BCUT2D eigenvalue weighted by Crippen LogP contribution is 2.27. The minimum absolute atomic E-state index is 0.00391. The molecule has 0 radical (unpaired) electrons. The van der Waals surface area contributed by atoms with Crippen LogP contribution in [0.2, 0.25) is 5.15 Å². The summed E-state index contributed by atoms with van der Waals surface area (Å²) in [6.07, 6.45) is 2.38. The molecule has 0 bridgehead atoms. The highest BCUT2D eigenvalue weighted by atomic mass is 35.5. The zero-order valence-electron chi connectivity index (χ0n) is 14.4. The third-order valence-electron chi connectivity index (χ3n) is 4.49. The quantitative estimate of drug-likeness (QED) is 0.809. The monoisotopic (exact) mass is 393 g/mol. The fraction of sp³-hybridized carbons (Fsp3) is 0.333. The molecular weight excluding hydrogens is 374 g/mol. The van der Waals surface area contributed by atoms with Crippen molar-refractivity contribution in [2.24, 2.45) is 5.92 Å². The lowest BCUT2D eigenvalue weighted by molar-refractivity contribution is -0.120. The number of rotatable bonds is 4. The van der Waals surface area contributed by atoms with Crippen LogP contribution >= 0.6 is 11.6 Å². The summed E-state index contributed by atoms with van der Waals surface area (Å²) < 4.78 is 26.8. The van der Waals surface area contributed by atoms with E-state index in [1.807, 2.05) is 31.2 Å². The summed E-state index contributed by atoms with van der Waals surface area (Å²) in [5.74, 6) is -0.294. The maximum atomic E-state index is 12.7. The third-order valence-corrected chi connectivity index (χ3v) is 6.83. The molecule has 138 valence electrons. The molecule has 3 rings (SSSR count). The lowest BCUT2D eigenvalue weighted by atomic mass is 9.97. The molecule has 1 aliphatic heterocycles. The Balaban J connectivity index is 1.62. The van der Waals surface area contributed by atoms with Crippen LogP contribution in [0.15, 0.2) is 47.5 Å². The number of aryl methyl sites for hydroxylation is 1. The third kappa shape index (κ3) is 4.06. The summed E-state index contributed by atoms with van der Waals surface area (Å²) in [5.41, 5.74) is 1.87. The van der Waals surface area contributed by atoms with Gasteiger partial charge in [0.25, 0.3) is 0 Å². The Kier molecular flexibility index (Phi) is 5.60. The van der Waals surface area contributed by atoms with Crippen molar-refractivity contribution < 1.29 is 13.2 Å². The number of carbonyl (C=O) groups excluding carboxylic acids is 1. The van der Waals surface area contributed by atoms with E-state index in [0.717, 1.165) is 11.3 Å². The van der Waals surface area contributed by atoms with E-state index in [2.05, 4.69) is 10.3 Å². The van der Waals surface area contributed by atoms with Crippen LogP contribution in [0.4, 0.5) is 5.69 Å². The lowest BCUT2D eigenvalue weighted by Crippen LogP contribution is -2.41. The molecule has 0 spiro atoms. The molecule has 26 heavy (non-hydrogen) atoms. The molecule has 1 aromatic carbocycles. The molecular formula is C18H20ClN3O3S. The van der Waals surface area contributed by atoms with Crippen LogP contribution in [0.1, 0.15) is 18.4 Å². The van der Waals surface area contributed by atoms with Crippen LogP contribution in [0.5, 0.6) is 0 Å². The topological polar surface area (TPSA) is 79.4 Å². The molecule has 8 heteroatoms. The molecule has 1 saturated heterocycles. The van der Waals surface area contributed by atoms with Crippen molar-refractivity contribution in [1.29, 1.82) is 0 Å². The Hall–Kier alpha value is -1.96. The first-order chi connectivity index (χ1) is 12.4. The average molecular weight is 394 g/mol. The highest BCUT2D eigenvalue weighted by Gasteiger charge is 2.33. The van der Waals surface area contributed by atoms with Crippen molar-refractivity contribution in [1.82, 2.24) is 9.29 Å². The number of piperidine rings is 1. The van der Waals surface area contributed by atoms with E-state index in [0.29, 0.717) is 12.8 Å². The second-order valence-electron chi connectivity index (χ2n) is 6.33. The van der Waals surface area contributed by atoms with Gasteiger partial charge in [0.2, 0.25) is 15.9 Å². The van der Waals surface area contributed by atoms with Crippen LogP contribution in [0, 0.1) is 12.8 Å². The fourth-order valence-corrected chi connectivity index (χ4v) is 4.84. The molecule has 1 amide bonds. The van der Waals surface area contributed by atoms with Crippen molar-refractivity contribution in [2.45, 2.75) is 24.7 Å². The zero-order chi connectivity index (χ0) is 18.7. The maximum Gasteiger partial charge on any atom is 0.246 e. The standard InChI is InChI=1S/C18H20ClN3O3S/c1-13-4-6-15(7-5-13)21-18(23)14-8-11-22(12-9-14)26(24,25)16-3-2-10-20-17(16)19/h2-7,10,14H,8-9,11-12H2,1H3,(H,21,23). The number of halogens is 1. The Morgan fingerprint density at radius 2 is 1.85 bits per heavy atom. The molecule has 2 aromatic rings. The van der Waals surface area contributed by atoms with E-state index < -0.39 is 10.0 Å². The summed E-state index contributed by atoms with van der Waals surface area (Å²) in [6.45, 7) is 2.54. The predicted molar refractivity (Wildman–Crippen MR) is 101 cm³/mol. The summed E-state index contributed by atoms with van der Waals surface area (Å²) in [6, 6.07) is 10.6. The van der Waals surface area contributed by atoms with E-state index in [4.69, 9.17) is 11.6 Å². The van der Waals surface area contributed by atoms with Gasteiger partial charge in [0.1, 0.15) is 10.0 Å². The fourth-order valence-electron chi connectivity index (χ4n) is 2.94. The van der Waals surface area contributed by atoms with Crippen LogP contribution in [-0.2, 0) is 14.8 Å². The van der Waals surface area contributed by atoms with Gasteiger partial charge >= 0.3 is 0 Å². The lowest BCUT2D eigenvalue weighted by Gasteiger charge is -2.30. The summed E-state index contributed by atoms with van der Waals surface area (Å²) in [7, 11) is -3.70. The van der Waals surface area contributed by atoms with Gasteiger partial charge < -0.3 is 5.32 Å². The number of anilines is 1. The van der Waals surface area contributed by atoms with Crippen molar-refractivity contribution in [3.8, 4) is 0 Å². The molecule has 1 aliphatic rings. The highest BCUT2D eigenvalue weighted by molar-refractivity contribution is 7.89. The average Bonchev–Trinajstić information content (AvgIpc) is 2.64. The van der Waals surface area contributed by atoms with E-state index >= 15 is 0 Å². The normalized spacial score (nSPS) is 16.4. The van der Waals surface area contributed by atoms with Gasteiger partial charge in [-0.2, -0.15) is 4.31 Å². The number of aromatic nitrogens is 1. The van der Waals surface area contributed by atoms with Gasteiger partial charge in [0.15, 0.2) is 0 Å². The van der Waals surface area contributed by atoms with E-state index in [1.165, 1.54) is 16.6 Å². The molecule has 0 unspecified atom stereocenters. The summed E-state index contributed by atoms with van der Waals surface area (Å²) in [5, 5.41) is 2.86. The largest absolute Gasteiger partial charge is 0.326 e. The van der Waals surface area contributed by atoms with Crippen LogP contribution in [-0.4, -0.2) is 36.7 Å². The molecule has 0 aliphatic carbocycles. The van der Waals surface area contributed by atoms with E-state index in [9.17, 15) is 13.2 Å². The van der Waals surface area contributed by atoms with Gasteiger partial charge in [-0.3, -0.25) is 4.79 Å². The number of amides is 1. The Bertz CT molecular complexity index is 892. The van der Waals surface area contributed by atoms with Gasteiger partial charge in [0, 0.05) is 30.9 Å². The molecule has 0 atom stereocenters. The number of hydrogen-bond acceptors (Lipinski definition) is 4. The number of sulfonamides is 1. The molecule has 6 nitrogen and oxygen atoms in total. The van der Waals surface area contributed by atoms with E-state index in [-0.39, 0.29) is 35.0 Å². The molecule has 1 fully saturated rings. The van der Waals surface area contributed by atoms with Crippen LogP contribution in [0.3, 0.4) is 0 Å². The van der Waals surface area contributed by atoms with Crippen molar-refractivity contribution in [3.05, 3.63) is 53.3 Å². The first-order valence-corrected chi connectivity index (χ1v) is 10.2. The smallest absolute Gasteiger partial charge is 0.246 e. The molecule has 2 heterocycles. The van der Waals surface area contributed by atoms with Crippen LogP contribution < -0.4 is 5.32 Å². The first-order valence-electron chi connectivity index (χ1n) is 8.36. The second kappa shape index (κ2) is 7.73. The maximum absolute atomic E-state index is 12.7. The molecule has 1 N–H and O–H groups in total. The van der Waals surface area contributed by atoms with Gasteiger partial charge in [-0.1, -0.05) is 29.3 Å². The number of carbonyl (C=O) groups is 1. The van der Waals surface area contributed by atoms with Crippen molar-refractivity contribution >= 4 is 33.2 Å². The Morgan fingerprint density at radius 3 is 2.46 bits per heavy atom. The van der Waals surface area contributed by atoms with Crippen LogP contribution in [0.25, 0.3) is 0 Å². The van der Waals surface area contributed by atoms with Gasteiger partial charge in [-0.05, 0) is 44.0 Å². The first kappa shape index (κ1) is 18.8. The second-order valence-corrected chi connectivity index (χ2v) is 8.59.